The van der Waals surface area contributed by atoms with Crippen LogP contribution in [-0.4, -0.2) is 34.1 Å². The molecule has 21 heavy (non-hydrogen) atoms. The van der Waals surface area contributed by atoms with E-state index in [2.05, 4.69) is 0 Å². The zero-order chi connectivity index (χ0) is 16.2. The van der Waals surface area contributed by atoms with Crippen molar-refractivity contribution in [3.05, 3.63) is 34.4 Å². The summed E-state index contributed by atoms with van der Waals surface area (Å²) in [5.74, 6) is -6.31. The number of aliphatic carboxylic acids is 2. The van der Waals surface area contributed by atoms with Gasteiger partial charge in [-0.05, 0) is 18.6 Å². The molecule has 0 heterocycles. The fourth-order valence-corrected chi connectivity index (χ4v) is 1.69. The highest BCUT2D eigenvalue weighted by atomic mass is 35.5. The van der Waals surface area contributed by atoms with Gasteiger partial charge >= 0.3 is 11.9 Å². The number of hydrogen-bond donors (Lipinski definition) is 3. The third kappa shape index (κ3) is 4.67. The van der Waals surface area contributed by atoms with E-state index in [1.54, 1.807) is 0 Å². The molecule has 1 amide bonds. The average molecular weight is 322 g/mol. The Morgan fingerprint density at radius 2 is 1.76 bits per heavy atom. The molecule has 0 aliphatic rings. The minimum atomic E-state index is -1.49. The smallest absolute Gasteiger partial charge is 0.326 e. The molecule has 114 valence electrons. The predicted octanol–water partition coefficient (Wildman–Crippen LogP) is 1.67. The summed E-state index contributed by atoms with van der Waals surface area (Å²) in [5.41, 5.74) is -0.447. The Bertz CT molecular complexity index is 593. The van der Waals surface area contributed by atoms with Crippen molar-refractivity contribution in [3.8, 4) is 0 Å². The second-order valence-corrected chi connectivity index (χ2v) is 4.45. The van der Waals surface area contributed by atoms with E-state index in [1.807, 2.05) is 5.32 Å². The molecule has 0 spiro atoms. The van der Waals surface area contributed by atoms with E-state index in [-0.39, 0.29) is 6.42 Å². The van der Waals surface area contributed by atoms with Crippen LogP contribution in [0, 0.1) is 11.6 Å². The summed E-state index contributed by atoms with van der Waals surface area (Å²) in [7, 11) is 0. The molecule has 1 rings (SSSR count). The SMILES string of the molecule is O=C(O)CC[C@H](NC(=O)c1cc(F)c(F)cc1Cl)C(=O)O. The zero-order valence-electron chi connectivity index (χ0n) is 10.4. The molecule has 0 aliphatic heterocycles. The van der Waals surface area contributed by atoms with Gasteiger partial charge in [0.2, 0.25) is 0 Å². The number of halogens is 3. The molecule has 6 nitrogen and oxygen atoms in total. The normalized spacial score (nSPS) is 11.8. The van der Waals surface area contributed by atoms with Crippen molar-refractivity contribution >= 4 is 29.4 Å². The van der Waals surface area contributed by atoms with E-state index < -0.39 is 52.5 Å². The van der Waals surface area contributed by atoms with E-state index in [0.717, 1.165) is 0 Å². The quantitative estimate of drug-likeness (QED) is 0.691. The molecule has 9 heteroatoms. The van der Waals surface area contributed by atoms with E-state index in [4.69, 9.17) is 21.8 Å². The van der Waals surface area contributed by atoms with Gasteiger partial charge < -0.3 is 15.5 Å². The van der Waals surface area contributed by atoms with Crippen molar-refractivity contribution in [2.24, 2.45) is 0 Å². The standard InChI is InChI=1S/C12H10ClF2NO5/c13-6-4-8(15)7(14)3-5(6)11(19)16-9(12(20)21)1-2-10(17)18/h3-4,9H,1-2H2,(H,16,19)(H,17,18)(H,20,21)/t9-/m0/s1. The van der Waals surface area contributed by atoms with Gasteiger partial charge in [0.15, 0.2) is 11.6 Å². The molecule has 0 aliphatic carbocycles. The third-order valence-corrected chi connectivity index (χ3v) is 2.82. The first-order valence-electron chi connectivity index (χ1n) is 5.62. The number of hydrogen-bond acceptors (Lipinski definition) is 3. The second-order valence-electron chi connectivity index (χ2n) is 4.04. The molecular formula is C12H10ClF2NO5. The van der Waals surface area contributed by atoms with Gasteiger partial charge in [0.1, 0.15) is 6.04 Å². The highest BCUT2D eigenvalue weighted by Gasteiger charge is 2.23. The Hall–Kier alpha value is -2.22. The fraction of sp³-hybridized carbons (Fsp3) is 0.250. The monoisotopic (exact) mass is 321 g/mol. The summed E-state index contributed by atoms with van der Waals surface area (Å²) >= 11 is 5.58. The molecular weight excluding hydrogens is 312 g/mol. The molecule has 0 radical (unpaired) electrons. The molecule has 0 saturated carbocycles. The van der Waals surface area contributed by atoms with E-state index in [9.17, 15) is 23.2 Å². The molecule has 1 aromatic carbocycles. The summed E-state index contributed by atoms with van der Waals surface area (Å²) in [6.45, 7) is 0. The summed E-state index contributed by atoms with van der Waals surface area (Å²) in [5, 5.41) is 19.0. The summed E-state index contributed by atoms with van der Waals surface area (Å²) in [6, 6.07) is -0.375. The summed E-state index contributed by atoms with van der Waals surface area (Å²) in [4.78, 5) is 33.1. The average Bonchev–Trinajstić information content (AvgIpc) is 2.37. The number of carbonyl (C=O) groups excluding carboxylic acids is 1. The lowest BCUT2D eigenvalue weighted by Crippen LogP contribution is -2.41. The molecule has 0 fully saturated rings. The Balaban J connectivity index is 2.89. The van der Waals surface area contributed by atoms with E-state index >= 15 is 0 Å². The van der Waals surface area contributed by atoms with E-state index in [0.29, 0.717) is 12.1 Å². The van der Waals surface area contributed by atoms with Crippen LogP contribution in [0.1, 0.15) is 23.2 Å². The lowest BCUT2D eigenvalue weighted by Gasteiger charge is -2.14. The van der Waals surface area contributed by atoms with Gasteiger partial charge in [-0.15, -0.1) is 0 Å². The number of carboxylic acid groups (broad SMARTS) is 2. The number of benzene rings is 1. The van der Waals surface area contributed by atoms with Gasteiger partial charge in [0, 0.05) is 6.42 Å². The number of carboxylic acids is 2. The second kappa shape index (κ2) is 6.98. The maximum Gasteiger partial charge on any atom is 0.326 e. The number of carbonyl (C=O) groups is 3. The maximum absolute atomic E-state index is 13.1. The maximum atomic E-state index is 13.1. The minimum absolute atomic E-state index is 0.363. The third-order valence-electron chi connectivity index (χ3n) is 2.50. The largest absolute Gasteiger partial charge is 0.481 e. The molecule has 1 atom stereocenters. The zero-order valence-corrected chi connectivity index (χ0v) is 11.2. The van der Waals surface area contributed by atoms with Crippen LogP contribution < -0.4 is 5.32 Å². The van der Waals surface area contributed by atoms with Crippen LogP contribution in [0.3, 0.4) is 0 Å². The topological polar surface area (TPSA) is 104 Å². The molecule has 0 bridgehead atoms. The Kier molecular flexibility index (Phi) is 5.60. The van der Waals surface area contributed by atoms with Crippen molar-refractivity contribution < 1.29 is 33.4 Å². The van der Waals surface area contributed by atoms with Crippen LogP contribution in [-0.2, 0) is 9.59 Å². The number of rotatable bonds is 6. The van der Waals surface area contributed by atoms with Gasteiger partial charge in [-0.3, -0.25) is 9.59 Å². The molecule has 0 unspecified atom stereocenters. The molecule has 3 N–H and O–H groups in total. The Labute approximate surface area is 122 Å². The van der Waals surface area contributed by atoms with Crippen LogP contribution in [0.5, 0.6) is 0 Å². The van der Waals surface area contributed by atoms with Gasteiger partial charge in [0.25, 0.3) is 5.91 Å². The highest BCUT2D eigenvalue weighted by molar-refractivity contribution is 6.33. The van der Waals surface area contributed by atoms with Crippen molar-refractivity contribution in [1.29, 1.82) is 0 Å². The molecule has 0 aromatic heterocycles. The van der Waals surface area contributed by atoms with Gasteiger partial charge in [-0.1, -0.05) is 11.6 Å². The first kappa shape index (κ1) is 16.8. The predicted molar refractivity (Wildman–Crippen MR) is 67.1 cm³/mol. The lowest BCUT2D eigenvalue weighted by molar-refractivity contribution is -0.140. The van der Waals surface area contributed by atoms with Gasteiger partial charge in [-0.25, -0.2) is 13.6 Å². The van der Waals surface area contributed by atoms with Gasteiger partial charge in [0.05, 0.1) is 10.6 Å². The van der Waals surface area contributed by atoms with Gasteiger partial charge in [-0.2, -0.15) is 0 Å². The number of amides is 1. The van der Waals surface area contributed by atoms with Crippen LogP contribution in [0.15, 0.2) is 12.1 Å². The summed E-state index contributed by atoms with van der Waals surface area (Å²) < 4.78 is 25.9. The van der Waals surface area contributed by atoms with Crippen LogP contribution in [0.2, 0.25) is 5.02 Å². The first-order chi connectivity index (χ1) is 9.72. The van der Waals surface area contributed by atoms with E-state index in [1.165, 1.54) is 0 Å². The highest BCUT2D eigenvalue weighted by Crippen LogP contribution is 2.20. The van der Waals surface area contributed by atoms with Crippen molar-refractivity contribution in [2.45, 2.75) is 18.9 Å². The first-order valence-corrected chi connectivity index (χ1v) is 6.00. The molecule has 0 saturated heterocycles. The Morgan fingerprint density at radius 3 is 2.29 bits per heavy atom. The lowest BCUT2D eigenvalue weighted by atomic mass is 10.1. The van der Waals surface area contributed by atoms with Crippen molar-refractivity contribution in [3.63, 3.8) is 0 Å². The van der Waals surface area contributed by atoms with Crippen LogP contribution in [0.25, 0.3) is 0 Å². The minimum Gasteiger partial charge on any atom is -0.481 e. The van der Waals surface area contributed by atoms with Crippen molar-refractivity contribution in [1.82, 2.24) is 5.32 Å². The Morgan fingerprint density at radius 1 is 1.19 bits per heavy atom. The fourth-order valence-electron chi connectivity index (χ4n) is 1.46. The summed E-state index contributed by atoms with van der Waals surface area (Å²) in [6.07, 6.45) is -0.847. The van der Waals surface area contributed by atoms with Crippen molar-refractivity contribution in [2.75, 3.05) is 0 Å². The number of nitrogens with one attached hydrogen (secondary N) is 1. The molecule has 1 aromatic rings. The van der Waals surface area contributed by atoms with Crippen LogP contribution in [0.4, 0.5) is 8.78 Å². The van der Waals surface area contributed by atoms with Crippen LogP contribution >= 0.6 is 11.6 Å².